The second-order valence-electron chi connectivity index (χ2n) is 6.38. The monoisotopic (exact) mass is 363 g/mol. The average Bonchev–Trinajstić information content (AvgIpc) is 3.15. The van der Waals surface area contributed by atoms with Gasteiger partial charge in [0.2, 0.25) is 11.8 Å². The van der Waals surface area contributed by atoms with Crippen LogP contribution in [0.2, 0.25) is 0 Å². The molecule has 25 heavy (non-hydrogen) atoms. The van der Waals surface area contributed by atoms with Gasteiger partial charge >= 0.3 is 0 Å². The molecule has 0 radical (unpaired) electrons. The van der Waals surface area contributed by atoms with Crippen LogP contribution in [0, 0.1) is 0 Å². The third-order valence-electron chi connectivity index (χ3n) is 4.98. The normalized spacial score (nSPS) is 21.8. The van der Waals surface area contributed by atoms with Crippen LogP contribution in [0.4, 0.5) is 0 Å². The van der Waals surface area contributed by atoms with Crippen LogP contribution in [0.1, 0.15) is 17.9 Å². The second-order valence-corrected chi connectivity index (χ2v) is 6.38. The lowest BCUT2D eigenvalue weighted by Crippen LogP contribution is -2.43. The number of rotatable bonds is 4. The quantitative estimate of drug-likeness (QED) is 0.841. The SMILES string of the molecule is Cl.O=C1CC(c2c[nH]c3ccccc23)C(=O)N1CCN1CCOCC1. The summed E-state index contributed by atoms with van der Waals surface area (Å²) < 4.78 is 5.33. The molecule has 2 aliphatic heterocycles. The summed E-state index contributed by atoms with van der Waals surface area (Å²) in [6.07, 6.45) is 2.13. The highest BCUT2D eigenvalue weighted by Crippen LogP contribution is 2.34. The molecule has 134 valence electrons. The molecule has 6 nitrogen and oxygen atoms in total. The molecule has 0 bridgehead atoms. The van der Waals surface area contributed by atoms with E-state index in [0.29, 0.717) is 6.54 Å². The number of H-pyrrole nitrogens is 1. The molecule has 2 aromatic rings. The van der Waals surface area contributed by atoms with Crippen molar-refractivity contribution in [3.8, 4) is 0 Å². The number of carbonyl (C=O) groups excluding carboxylic acids is 2. The number of morpholine rings is 1. The van der Waals surface area contributed by atoms with E-state index >= 15 is 0 Å². The van der Waals surface area contributed by atoms with E-state index in [0.717, 1.165) is 49.3 Å². The van der Waals surface area contributed by atoms with Crippen molar-refractivity contribution in [2.45, 2.75) is 12.3 Å². The van der Waals surface area contributed by atoms with Crippen LogP contribution >= 0.6 is 12.4 Å². The molecule has 3 heterocycles. The van der Waals surface area contributed by atoms with Crippen LogP contribution in [0.25, 0.3) is 10.9 Å². The first-order valence-corrected chi connectivity index (χ1v) is 8.44. The third kappa shape index (κ3) is 3.42. The number of nitrogens with zero attached hydrogens (tertiary/aromatic N) is 2. The van der Waals surface area contributed by atoms with Crippen molar-refractivity contribution < 1.29 is 14.3 Å². The third-order valence-corrected chi connectivity index (χ3v) is 4.98. The molecule has 1 aromatic heterocycles. The van der Waals surface area contributed by atoms with Gasteiger partial charge < -0.3 is 9.72 Å². The largest absolute Gasteiger partial charge is 0.379 e. The standard InChI is InChI=1S/C18H21N3O3.ClH/c22-17-11-14(15-12-19-16-4-2-1-3-13(15)16)18(23)21(17)6-5-20-7-9-24-10-8-20;/h1-4,12,14,19H,5-11H2;1H. The van der Waals surface area contributed by atoms with E-state index in [1.807, 2.05) is 30.5 Å². The number of likely N-dealkylation sites (tertiary alicyclic amines) is 1. The predicted molar refractivity (Wildman–Crippen MR) is 96.9 cm³/mol. The van der Waals surface area contributed by atoms with Gasteiger partial charge in [-0.2, -0.15) is 0 Å². The number of halogens is 1. The van der Waals surface area contributed by atoms with Crippen molar-refractivity contribution in [1.82, 2.24) is 14.8 Å². The van der Waals surface area contributed by atoms with Crippen LogP contribution < -0.4 is 0 Å². The summed E-state index contributed by atoms with van der Waals surface area (Å²) >= 11 is 0. The number of benzene rings is 1. The van der Waals surface area contributed by atoms with Crippen molar-refractivity contribution in [2.75, 3.05) is 39.4 Å². The number of imide groups is 1. The minimum absolute atomic E-state index is 0. The zero-order valence-electron chi connectivity index (χ0n) is 13.9. The Labute approximate surface area is 152 Å². The first-order valence-electron chi connectivity index (χ1n) is 8.44. The van der Waals surface area contributed by atoms with Gasteiger partial charge in [0, 0.05) is 49.7 Å². The van der Waals surface area contributed by atoms with Crippen LogP contribution in [0.5, 0.6) is 0 Å². The summed E-state index contributed by atoms with van der Waals surface area (Å²) in [5.74, 6) is -0.500. The minimum Gasteiger partial charge on any atom is -0.379 e. The molecule has 1 atom stereocenters. The van der Waals surface area contributed by atoms with Crippen LogP contribution in [0.15, 0.2) is 30.5 Å². The van der Waals surface area contributed by atoms with Crippen LogP contribution in [0.3, 0.4) is 0 Å². The first kappa shape index (κ1) is 17.9. The Hall–Kier alpha value is -1.89. The molecular weight excluding hydrogens is 342 g/mol. The minimum atomic E-state index is -0.363. The lowest BCUT2D eigenvalue weighted by Gasteiger charge is -2.28. The van der Waals surface area contributed by atoms with E-state index in [9.17, 15) is 9.59 Å². The molecule has 2 amide bonds. The van der Waals surface area contributed by atoms with Crippen molar-refractivity contribution >= 4 is 35.1 Å². The number of fused-ring (bicyclic) bond motifs is 1. The Balaban J connectivity index is 0.00000182. The molecule has 1 aromatic carbocycles. The van der Waals surface area contributed by atoms with Gasteiger partial charge in [0.15, 0.2) is 0 Å². The number of aromatic nitrogens is 1. The summed E-state index contributed by atoms with van der Waals surface area (Å²) in [6, 6.07) is 7.89. The van der Waals surface area contributed by atoms with Gasteiger partial charge in [-0.25, -0.2) is 0 Å². The van der Waals surface area contributed by atoms with E-state index in [2.05, 4.69) is 9.88 Å². The number of carbonyl (C=O) groups is 2. The Morgan fingerprint density at radius 1 is 1.12 bits per heavy atom. The van der Waals surface area contributed by atoms with Gasteiger partial charge in [-0.05, 0) is 11.6 Å². The van der Waals surface area contributed by atoms with Gasteiger partial charge in [0.05, 0.1) is 19.1 Å². The number of hydrogen-bond donors (Lipinski definition) is 1. The molecule has 2 fully saturated rings. The second kappa shape index (κ2) is 7.56. The molecule has 1 N–H and O–H groups in total. The van der Waals surface area contributed by atoms with Gasteiger partial charge in [0.1, 0.15) is 0 Å². The Kier molecular flexibility index (Phi) is 5.42. The highest BCUT2D eigenvalue weighted by atomic mass is 35.5. The Bertz CT molecular complexity index is 770. The molecule has 0 aliphatic carbocycles. The summed E-state index contributed by atoms with van der Waals surface area (Å²) in [6.45, 7) is 4.36. The Morgan fingerprint density at radius 3 is 2.68 bits per heavy atom. The zero-order valence-corrected chi connectivity index (χ0v) is 14.8. The number of para-hydroxylation sites is 1. The summed E-state index contributed by atoms with van der Waals surface area (Å²) in [4.78, 5) is 32.0. The fraction of sp³-hybridized carbons (Fsp3) is 0.444. The molecule has 2 aliphatic rings. The van der Waals surface area contributed by atoms with Crippen molar-refractivity contribution in [2.24, 2.45) is 0 Å². The zero-order chi connectivity index (χ0) is 16.5. The molecular formula is C18H22ClN3O3. The smallest absolute Gasteiger partial charge is 0.237 e. The average molecular weight is 364 g/mol. The van der Waals surface area contributed by atoms with Gasteiger partial charge in [-0.1, -0.05) is 18.2 Å². The summed E-state index contributed by atoms with van der Waals surface area (Å²) in [5.41, 5.74) is 1.93. The molecule has 1 unspecified atom stereocenters. The summed E-state index contributed by atoms with van der Waals surface area (Å²) in [7, 11) is 0. The van der Waals surface area contributed by atoms with Gasteiger partial charge in [0.25, 0.3) is 0 Å². The van der Waals surface area contributed by atoms with Gasteiger partial charge in [-0.15, -0.1) is 12.4 Å². The van der Waals surface area contributed by atoms with E-state index in [4.69, 9.17) is 4.74 Å². The maximum absolute atomic E-state index is 12.8. The van der Waals surface area contributed by atoms with Crippen LogP contribution in [-0.4, -0.2) is 66.0 Å². The van der Waals surface area contributed by atoms with Crippen molar-refractivity contribution in [1.29, 1.82) is 0 Å². The Morgan fingerprint density at radius 2 is 1.88 bits per heavy atom. The summed E-state index contributed by atoms with van der Waals surface area (Å²) in [5, 5.41) is 1.03. The number of nitrogens with one attached hydrogen (secondary N) is 1. The topological polar surface area (TPSA) is 65.6 Å². The van der Waals surface area contributed by atoms with Crippen LogP contribution in [-0.2, 0) is 14.3 Å². The number of aromatic amines is 1. The van der Waals surface area contributed by atoms with E-state index < -0.39 is 0 Å². The molecule has 0 saturated carbocycles. The predicted octanol–water partition coefficient (Wildman–Crippen LogP) is 1.76. The molecule has 4 rings (SSSR count). The lowest BCUT2D eigenvalue weighted by atomic mass is 9.97. The van der Waals surface area contributed by atoms with E-state index in [-0.39, 0.29) is 36.6 Å². The number of ether oxygens (including phenoxy) is 1. The number of amides is 2. The first-order chi connectivity index (χ1) is 11.7. The molecule has 7 heteroatoms. The highest BCUT2D eigenvalue weighted by Gasteiger charge is 2.40. The number of hydrogen-bond acceptors (Lipinski definition) is 4. The van der Waals surface area contributed by atoms with Gasteiger partial charge in [-0.3, -0.25) is 19.4 Å². The highest BCUT2D eigenvalue weighted by molar-refractivity contribution is 6.07. The molecule has 0 spiro atoms. The van der Waals surface area contributed by atoms with E-state index in [1.54, 1.807) is 0 Å². The fourth-order valence-electron chi connectivity index (χ4n) is 3.61. The maximum Gasteiger partial charge on any atom is 0.237 e. The van der Waals surface area contributed by atoms with E-state index in [1.165, 1.54) is 4.90 Å². The lowest BCUT2D eigenvalue weighted by molar-refractivity contribution is -0.139. The van der Waals surface area contributed by atoms with Crippen molar-refractivity contribution in [3.05, 3.63) is 36.0 Å². The van der Waals surface area contributed by atoms with Crippen molar-refractivity contribution in [3.63, 3.8) is 0 Å². The maximum atomic E-state index is 12.8. The molecule has 2 saturated heterocycles. The fourth-order valence-corrected chi connectivity index (χ4v) is 3.61.